The van der Waals surface area contributed by atoms with Gasteiger partial charge in [0.15, 0.2) is 0 Å². The van der Waals surface area contributed by atoms with Crippen LogP contribution >= 0.6 is 0 Å². The maximum Gasteiger partial charge on any atom is 0.341 e. The van der Waals surface area contributed by atoms with E-state index in [4.69, 9.17) is 14.2 Å². The Morgan fingerprint density at radius 3 is 2.55 bits per heavy atom. The number of hydrogen-bond donors (Lipinski definition) is 0. The molecule has 0 aliphatic carbocycles. The molecule has 148 valence electrons. The summed E-state index contributed by atoms with van der Waals surface area (Å²) in [4.78, 5) is 12.1. The molecule has 0 aromatic heterocycles. The van der Waals surface area contributed by atoms with Gasteiger partial charge < -0.3 is 14.2 Å². The van der Waals surface area contributed by atoms with E-state index in [1.54, 1.807) is 0 Å². The first kappa shape index (κ1) is 19.0. The molecule has 0 saturated carbocycles. The van der Waals surface area contributed by atoms with Crippen LogP contribution in [0, 0.1) is 17.5 Å². The summed E-state index contributed by atoms with van der Waals surface area (Å²) >= 11 is 0. The summed E-state index contributed by atoms with van der Waals surface area (Å²) in [5.74, 6) is -3.04. The summed E-state index contributed by atoms with van der Waals surface area (Å²) in [6, 6.07) is 14.2. The highest BCUT2D eigenvalue weighted by Crippen LogP contribution is 2.37. The fourth-order valence-electron chi connectivity index (χ4n) is 3.03. The molecule has 1 aliphatic heterocycles. The molecule has 1 unspecified atom stereocenters. The molecule has 0 amide bonds. The molecule has 3 aromatic carbocycles. The molecule has 4 rings (SSSR count). The Bertz CT molecular complexity index is 1050. The SMILES string of the molecule is O=C(OCc1cc(F)cc2c1OC(c1ccccc1)OC2)c1ccc(F)cc1F. The van der Waals surface area contributed by atoms with E-state index < -0.39 is 35.3 Å². The fraction of sp³-hybridized carbons (Fsp3) is 0.136. The quantitative estimate of drug-likeness (QED) is 0.574. The van der Waals surface area contributed by atoms with Gasteiger partial charge in [0.25, 0.3) is 0 Å². The van der Waals surface area contributed by atoms with Crippen molar-refractivity contribution in [2.75, 3.05) is 0 Å². The van der Waals surface area contributed by atoms with Crippen LogP contribution in [0.2, 0.25) is 0 Å². The van der Waals surface area contributed by atoms with E-state index in [0.29, 0.717) is 17.4 Å². The molecule has 1 aliphatic rings. The number of carbonyl (C=O) groups is 1. The van der Waals surface area contributed by atoms with E-state index >= 15 is 0 Å². The molecule has 0 N–H and O–H groups in total. The summed E-state index contributed by atoms with van der Waals surface area (Å²) < 4.78 is 57.4. The third-order valence-electron chi connectivity index (χ3n) is 4.40. The predicted octanol–water partition coefficient (Wildman–Crippen LogP) is 5.07. The molecule has 0 spiro atoms. The van der Waals surface area contributed by atoms with Gasteiger partial charge in [-0.2, -0.15) is 0 Å². The van der Waals surface area contributed by atoms with Crippen LogP contribution in [0.25, 0.3) is 0 Å². The van der Waals surface area contributed by atoms with Crippen molar-refractivity contribution < 1.29 is 32.2 Å². The molecule has 1 heterocycles. The Morgan fingerprint density at radius 2 is 1.79 bits per heavy atom. The number of hydrogen-bond acceptors (Lipinski definition) is 4. The van der Waals surface area contributed by atoms with Gasteiger partial charge in [0, 0.05) is 22.8 Å². The maximum atomic E-state index is 14.0. The number of carbonyl (C=O) groups excluding carboxylic acids is 1. The average molecular weight is 400 g/mol. The van der Waals surface area contributed by atoms with Gasteiger partial charge in [0.05, 0.1) is 12.2 Å². The lowest BCUT2D eigenvalue weighted by molar-refractivity contribution is -0.112. The van der Waals surface area contributed by atoms with Gasteiger partial charge in [0.2, 0.25) is 6.29 Å². The van der Waals surface area contributed by atoms with E-state index in [-0.39, 0.29) is 18.8 Å². The average Bonchev–Trinajstić information content (AvgIpc) is 2.72. The molecule has 0 bridgehead atoms. The summed E-state index contributed by atoms with van der Waals surface area (Å²) in [6.45, 7) is -0.239. The number of fused-ring (bicyclic) bond motifs is 1. The lowest BCUT2D eigenvalue weighted by Crippen LogP contribution is -2.20. The first-order chi connectivity index (χ1) is 14.0. The molecule has 0 saturated heterocycles. The minimum atomic E-state index is -1.04. The van der Waals surface area contributed by atoms with Gasteiger partial charge in [-0.15, -0.1) is 0 Å². The second-order valence-electron chi connectivity index (χ2n) is 6.42. The number of benzene rings is 3. The highest BCUT2D eigenvalue weighted by molar-refractivity contribution is 5.89. The summed E-state index contributed by atoms with van der Waals surface area (Å²) in [6.07, 6.45) is -0.696. The van der Waals surface area contributed by atoms with Gasteiger partial charge in [-0.05, 0) is 24.3 Å². The summed E-state index contributed by atoms with van der Waals surface area (Å²) in [5, 5.41) is 0. The Morgan fingerprint density at radius 1 is 1.00 bits per heavy atom. The Balaban J connectivity index is 1.55. The van der Waals surface area contributed by atoms with Gasteiger partial charge in [-0.3, -0.25) is 0 Å². The van der Waals surface area contributed by atoms with E-state index in [1.165, 1.54) is 12.1 Å². The van der Waals surface area contributed by atoms with Crippen LogP contribution in [0.3, 0.4) is 0 Å². The third-order valence-corrected chi connectivity index (χ3v) is 4.40. The van der Waals surface area contributed by atoms with Gasteiger partial charge in [-0.1, -0.05) is 30.3 Å². The van der Waals surface area contributed by atoms with Crippen molar-refractivity contribution in [3.05, 3.63) is 100 Å². The highest BCUT2D eigenvalue weighted by Gasteiger charge is 2.26. The normalized spacial score (nSPS) is 15.3. The minimum Gasteiger partial charge on any atom is -0.460 e. The Kier molecular flexibility index (Phi) is 5.22. The van der Waals surface area contributed by atoms with Crippen LogP contribution in [0.15, 0.2) is 60.7 Å². The molecule has 29 heavy (non-hydrogen) atoms. The summed E-state index contributed by atoms with van der Waals surface area (Å²) in [7, 11) is 0. The standard InChI is InChI=1S/C22H15F3O4/c23-16-6-7-18(19(25)10-16)21(26)27-11-14-8-17(24)9-15-12-28-22(29-20(14)15)13-4-2-1-3-5-13/h1-10,22H,11-12H2. The number of esters is 1. The first-order valence-electron chi connectivity index (χ1n) is 8.78. The largest absolute Gasteiger partial charge is 0.460 e. The lowest BCUT2D eigenvalue weighted by Gasteiger charge is -2.28. The number of rotatable bonds is 4. The fourth-order valence-corrected chi connectivity index (χ4v) is 3.03. The third kappa shape index (κ3) is 4.09. The van der Waals surface area contributed by atoms with Gasteiger partial charge in [0.1, 0.15) is 29.8 Å². The molecule has 1 atom stereocenters. The zero-order valence-electron chi connectivity index (χ0n) is 15.0. The minimum absolute atomic E-state index is 0.111. The molecule has 3 aromatic rings. The smallest absolute Gasteiger partial charge is 0.341 e. The molecule has 0 radical (unpaired) electrons. The van der Waals surface area contributed by atoms with Crippen LogP contribution < -0.4 is 4.74 Å². The molecule has 7 heteroatoms. The molecular weight excluding hydrogens is 385 g/mol. The highest BCUT2D eigenvalue weighted by atomic mass is 19.1. The zero-order chi connectivity index (χ0) is 20.4. The molecular formula is C22H15F3O4. The summed E-state index contributed by atoms with van der Waals surface area (Å²) in [5.41, 5.74) is 1.11. The molecule has 0 fully saturated rings. The van der Waals surface area contributed by atoms with Crippen LogP contribution in [0.4, 0.5) is 13.2 Å². The van der Waals surface area contributed by atoms with Crippen molar-refractivity contribution in [2.24, 2.45) is 0 Å². The topological polar surface area (TPSA) is 44.8 Å². The van der Waals surface area contributed by atoms with Crippen molar-refractivity contribution in [1.82, 2.24) is 0 Å². The van der Waals surface area contributed by atoms with E-state index in [9.17, 15) is 18.0 Å². The van der Waals surface area contributed by atoms with Crippen molar-refractivity contribution in [3.8, 4) is 5.75 Å². The Labute approximate surface area is 164 Å². The van der Waals surface area contributed by atoms with Crippen LogP contribution in [-0.2, 0) is 22.7 Å². The second-order valence-corrected chi connectivity index (χ2v) is 6.42. The second kappa shape index (κ2) is 7.97. The predicted molar refractivity (Wildman–Crippen MR) is 96.5 cm³/mol. The van der Waals surface area contributed by atoms with Crippen molar-refractivity contribution >= 4 is 5.97 Å². The van der Waals surface area contributed by atoms with Crippen LogP contribution in [-0.4, -0.2) is 5.97 Å². The molecule has 4 nitrogen and oxygen atoms in total. The first-order valence-corrected chi connectivity index (χ1v) is 8.78. The van der Waals surface area contributed by atoms with Crippen molar-refractivity contribution in [1.29, 1.82) is 0 Å². The maximum absolute atomic E-state index is 14.0. The Hall–Kier alpha value is -3.32. The van der Waals surface area contributed by atoms with E-state index in [2.05, 4.69) is 0 Å². The number of ether oxygens (including phenoxy) is 3. The van der Waals surface area contributed by atoms with E-state index in [0.717, 1.165) is 17.7 Å². The van der Waals surface area contributed by atoms with Crippen molar-refractivity contribution in [2.45, 2.75) is 19.5 Å². The van der Waals surface area contributed by atoms with E-state index in [1.807, 2.05) is 30.3 Å². The van der Waals surface area contributed by atoms with Gasteiger partial charge >= 0.3 is 5.97 Å². The monoisotopic (exact) mass is 400 g/mol. The zero-order valence-corrected chi connectivity index (χ0v) is 15.0. The lowest BCUT2D eigenvalue weighted by atomic mass is 10.1. The number of halogens is 3. The van der Waals surface area contributed by atoms with Gasteiger partial charge in [-0.25, -0.2) is 18.0 Å². The van der Waals surface area contributed by atoms with Crippen LogP contribution in [0.1, 0.15) is 33.3 Å². The van der Waals surface area contributed by atoms with Crippen LogP contribution in [0.5, 0.6) is 5.75 Å². The van der Waals surface area contributed by atoms with Crippen molar-refractivity contribution in [3.63, 3.8) is 0 Å².